The Morgan fingerprint density at radius 3 is 2.95 bits per heavy atom. The number of benzene rings is 1. The van der Waals surface area contributed by atoms with E-state index in [4.69, 9.17) is 9.52 Å². The molecule has 3 rings (SSSR count). The van der Waals surface area contributed by atoms with Crippen LogP contribution in [0.1, 0.15) is 18.1 Å². The van der Waals surface area contributed by atoms with Crippen LogP contribution in [0.4, 0.5) is 0 Å². The van der Waals surface area contributed by atoms with Gasteiger partial charge in [0.2, 0.25) is 0 Å². The highest BCUT2D eigenvalue weighted by molar-refractivity contribution is 5.79. The van der Waals surface area contributed by atoms with Gasteiger partial charge < -0.3 is 9.52 Å². The van der Waals surface area contributed by atoms with E-state index in [1.807, 2.05) is 31.2 Å². The molecule has 0 aliphatic rings. The summed E-state index contributed by atoms with van der Waals surface area (Å²) >= 11 is 0. The zero-order valence-corrected chi connectivity index (χ0v) is 11.2. The Morgan fingerprint density at radius 1 is 1.20 bits per heavy atom. The molecule has 3 aromatic rings. The van der Waals surface area contributed by atoms with Crippen LogP contribution in [0.2, 0.25) is 0 Å². The normalized spacial score (nSPS) is 11.1. The molecule has 0 aliphatic carbocycles. The first kappa shape index (κ1) is 12.7. The average molecular weight is 269 g/mol. The standard InChI is InChI=1S/C15H15N3O2/c1-10-17-13-9-11(4-5-14(13)20-10)12-6-7-16-15(18-12)3-2-8-19/h4-7,9,19H,2-3,8H2,1H3. The summed E-state index contributed by atoms with van der Waals surface area (Å²) in [6.45, 7) is 1.98. The number of aryl methyl sites for hydroxylation is 2. The topological polar surface area (TPSA) is 72.0 Å². The Bertz CT molecular complexity index is 737. The van der Waals surface area contributed by atoms with E-state index < -0.39 is 0 Å². The quantitative estimate of drug-likeness (QED) is 0.788. The smallest absolute Gasteiger partial charge is 0.192 e. The molecular weight excluding hydrogens is 254 g/mol. The first-order valence-electron chi connectivity index (χ1n) is 6.56. The van der Waals surface area contributed by atoms with Gasteiger partial charge in [-0.05, 0) is 30.7 Å². The molecule has 5 nitrogen and oxygen atoms in total. The molecule has 0 amide bonds. The van der Waals surface area contributed by atoms with Crippen molar-refractivity contribution in [1.82, 2.24) is 15.0 Å². The maximum absolute atomic E-state index is 8.86. The molecule has 102 valence electrons. The summed E-state index contributed by atoms with van der Waals surface area (Å²) in [5.41, 5.74) is 3.45. The first-order chi connectivity index (χ1) is 9.76. The highest BCUT2D eigenvalue weighted by Crippen LogP contribution is 2.23. The second kappa shape index (κ2) is 5.38. The lowest BCUT2D eigenvalue weighted by molar-refractivity contribution is 0.287. The van der Waals surface area contributed by atoms with Gasteiger partial charge in [0.1, 0.15) is 11.3 Å². The summed E-state index contributed by atoms with van der Waals surface area (Å²) in [5.74, 6) is 1.40. The minimum Gasteiger partial charge on any atom is -0.441 e. The monoisotopic (exact) mass is 269 g/mol. The largest absolute Gasteiger partial charge is 0.441 e. The van der Waals surface area contributed by atoms with Crippen molar-refractivity contribution in [2.45, 2.75) is 19.8 Å². The summed E-state index contributed by atoms with van der Waals surface area (Å²) in [6, 6.07) is 7.70. The van der Waals surface area contributed by atoms with Crippen molar-refractivity contribution in [2.24, 2.45) is 0 Å². The molecule has 0 saturated carbocycles. The van der Waals surface area contributed by atoms with Crippen molar-refractivity contribution < 1.29 is 9.52 Å². The fourth-order valence-electron chi connectivity index (χ4n) is 2.12. The van der Waals surface area contributed by atoms with Crippen LogP contribution in [0.15, 0.2) is 34.9 Å². The lowest BCUT2D eigenvalue weighted by Crippen LogP contribution is -1.98. The summed E-state index contributed by atoms with van der Waals surface area (Å²) in [6.07, 6.45) is 3.09. The van der Waals surface area contributed by atoms with Gasteiger partial charge in [0.15, 0.2) is 11.5 Å². The third-order valence-corrected chi connectivity index (χ3v) is 3.05. The van der Waals surface area contributed by atoms with Gasteiger partial charge in [-0.2, -0.15) is 0 Å². The summed E-state index contributed by atoms with van der Waals surface area (Å²) in [7, 11) is 0. The number of aliphatic hydroxyl groups is 1. The van der Waals surface area contributed by atoms with E-state index in [1.165, 1.54) is 0 Å². The minimum atomic E-state index is 0.151. The third-order valence-electron chi connectivity index (χ3n) is 3.05. The molecule has 1 aromatic carbocycles. The van der Waals surface area contributed by atoms with Crippen LogP contribution >= 0.6 is 0 Å². The molecule has 5 heteroatoms. The Hall–Kier alpha value is -2.27. The zero-order valence-electron chi connectivity index (χ0n) is 11.2. The fourth-order valence-corrected chi connectivity index (χ4v) is 2.12. The Kier molecular flexibility index (Phi) is 3.43. The van der Waals surface area contributed by atoms with Gasteiger partial charge in [0.25, 0.3) is 0 Å². The second-order valence-electron chi connectivity index (χ2n) is 4.60. The van der Waals surface area contributed by atoms with Gasteiger partial charge in [-0.3, -0.25) is 0 Å². The SMILES string of the molecule is Cc1nc2cc(-c3ccnc(CCCO)n3)ccc2o1. The van der Waals surface area contributed by atoms with Gasteiger partial charge in [-0.25, -0.2) is 15.0 Å². The van der Waals surface area contributed by atoms with Crippen LogP contribution in [0.5, 0.6) is 0 Å². The van der Waals surface area contributed by atoms with E-state index in [2.05, 4.69) is 15.0 Å². The molecule has 1 N–H and O–H groups in total. The predicted molar refractivity (Wildman–Crippen MR) is 75.2 cm³/mol. The number of rotatable bonds is 4. The van der Waals surface area contributed by atoms with E-state index >= 15 is 0 Å². The highest BCUT2D eigenvalue weighted by atomic mass is 16.3. The molecule has 20 heavy (non-hydrogen) atoms. The van der Waals surface area contributed by atoms with Crippen molar-refractivity contribution in [3.05, 3.63) is 42.2 Å². The van der Waals surface area contributed by atoms with Crippen LogP contribution < -0.4 is 0 Å². The summed E-state index contributed by atoms with van der Waals surface area (Å²) in [4.78, 5) is 13.1. The van der Waals surface area contributed by atoms with Gasteiger partial charge >= 0.3 is 0 Å². The average Bonchev–Trinajstić information content (AvgIpc) is 2.84. The molecule has 2 aromatic heterocycles. The van der Waals surface area contributed by atoms with Crippen LogP contribution in [-0.2, 0) is 6.42 Å². The number of aliphatic hydroxyl groups excluding tert-OH is 1. The summed E-state index contributed by atoms with van der Waals surface area (Å²) < 4.78 is 5.46. The number of fused-ring (bicyclic) bond motifs is 1. The van der Waals surface area contributed by atoms with E-state index in [1.54, 1.807) is 6.20 Å². The summed E-state index contributed by atoms with van der Waals surface area (Å²) in [5, 5.41) is 8.86. The molecule has 0 saturated heterocycles. The van der Waals surface area contributed by atoms with Crippen molar-refractivity contribution in [3.63, 3.8) is 0 Å². The number of oxazole rings is 1. The number of hydrogen-bond acceptors (Lipinski definition) is 5. The van der Waals surface area contributed by atoms with Crippen LogP contribution in [0, 0.1) is 6.92 Å². The van der Waals surface area contributed by atoms with Crippen molar-refractivity contribution >= 4 is 11.1 Å². The van der Waals surface area contributed by atoms with E-state index in [0.717, 1.165) is 28.2 Å². The highest BCUT2D eigenvalue weighted by Gasteiger charge is 2.07. The van der Waals surface area contributed by atoms with E-state index in [9.17, 15) is 0 Å². The molecular formula is C15H15N3O2. The second-order valence-corrected chi connectivity index (χ2v) is 4.60. The number of aromatic nitrogens is 3. The van der Waals surface area contributed by atoms with Crippen molar-refractivity contribution in [2.75, 3.05) is 6.61 Å². The fraction of sp³-hybridized carbons (Fsp3) is 0.267. The Labute approximate surface area is 116 Å². The third kappa shape index (κ3) is 2.53. The van der Waals surface area contributed by atoms with Crippen molar-refractivity contribution in [1.29, 1.82) is 0 Å². The maximum atomic E-state index is 8.86. The molecule has 0 spiro atoms. The molecule has 0 fully saturated rings. The molecule has 0 atom stereocenters. The van der Waals surface area contributed by atoms with Gasteiger partial charge in [-0.1, -0.05) is 0 Å². The molecule has 0 bridgehead atoms. The first-order valence-corrected chi connectivity index (χ1v) is 6.56. The molecule has 0 radical (unpaired) electrons. The van der Waals surface area contributed by atoms with Gasteiger partial charge in [0.05, 0.1) is 5.69 Å². The van der Waals surface area contributed by atoms with Crippen LogP contribution in [0.25, 0.3) is 22.4 Å². The van der Waals surface area contributed by atoms with E-state index in [-0.39, 0.29) is 6.61 Å². The van der Waals surface area contributed by atoms with Gasteiger partial charge in [-0.15, -0.1) is 0 Å². The molecule has 0 unspecified atom stereocenters. The lowest BCUT2D eigenvalue weighted by Gasteiger charge is -2.03. The Morgan fingerprint density at radius 2 is 2.10 bits per heavy atom. The number of hydrogen-bond donors (Lipinski definition) is 1. The van der Waals surface area contributed by atoms with E-state index in [0.29, 0.717) is 18.7 Å². The van der Waals surface area contributed by atoms with Crippen LogP contribution in [-0.4, -0.2) is 26.7 Å². The number of nitrogens with zero attached hydrogens (tertiary/aromatic N) is 3. The lowest BCUT2D eigenvalue weighted by atomic mass is 10.1. The van der Waals surface area contributed by atoms with Crippen molar-refractivity contribution in [3.8, 4) is 11.3 Å². The zero-order chi connectivity index (χ0) is 13.9. The minimum absolute atomic E-state index is 0.151. The van der Waals surface area contributed by atoms with Gasteiger partial charge in [0, 0.05) is 31.7 Å². The Balaban J connectivity index is 1.97. The van der Waals surface area contributed by atoms with Crippen LogP contribution in [0.3, 0.4) is 0 Å². The molecule has 2 heterocycles. The predicted octanol–water partition coefficient (Wildman–Crippen LogP) is 2.52. The molecule has 0 aliphatic heterocycles. The maximum Gasteiger partial charge on any atom is 0.192 e.